The Morgan fingerprint density at radius 3 is 2.55 bits per heavy atom. The van der Waals surface area contributed by atoms with Crippen LogP contribution in [0.4, 0.5) is 0 Å². The fourth-order valence-electron chi connectivity index (χ4n) is 1.35. The lowest BCUT2D eigenvalue weighted by atomic mass is 10.2. The van der Waals surface area contributed by atoms with E-state index >= 15 is 0 Å². The second-order valence-electron chi connectivity index (χ2n) is 4.35. The van der Waals surface area contributed by atoms with Crippen molar-refractivity contribution >= 4 is 16.3 Å². The molecule has 0 radical (unpaired) electrons. The standard InChI is InChI=1S/C14H21NO4S/c1-3-4-10-15-18-11-5-12-19-20(16,17)14-8-6-13(2)7-9-14/h6-10H,3-5,11-12H2,1-2H3. The van der Waals surface area contributed by atoms with Crippen molar-refractivity contribution in [3.63, 3.8) is 0 Å². The molecule has 6 heteroatoms. The highest BCUT2D eigenvalue weighted by molar-refractivity contribution is 7.86. The van der Waals surface area contributed by atoms with Crippen LogP contribution >= 0.6 is 0 Å². The van der Waals surface area contributed by atoms with Crippen LogP contribution in [0.3, 0.4) is 0 Å². The zero-order chi connectivity index (χ0) is 14.8. The van der Waals surface area contributed by atoms with Crippen molar-refractivity contribution in [3.05, 3.63) is 29.8 Å². The number of unbranched alkanes of at least 4 members (excludes halogenated alkanes) is 1. The third-order valence-electron chi connectivity index (χ3n) is 2.49. The Labute approximate surface area is 120 Å². The molecule has 0 fully saturated rings. The van der Waals surface area contributed by atoms with Gasteiger partial charge in [0.25, 0.3) is 10.1 Å². The first-order valence-corrected chi connectivity index (χ1v) is 8.07. The quantitative estimate of drug-likeness (QED) is 0.304. The normalized spacial score (nSPS) is 11.9. The largest absolute Gasteiger partial charge is 0.396 e. The topological polar surface area (TPSA) is 65.0 Å². The van der Waals surface area contributed by atoms with E-state index in [1.165, 1.54) is 12.1 Å². The molecular formula is C14H21NO4S. The van der Waals surface area contributed by atoms with E-state index in [-0.39, 0.29) is 11.5 Å². The molecule has 112 valence electrons. The van der Waals surface area contributed by atoms with Gasteiger partial charge in [-0.1, -0.05) is 36.2 Å². The first kappa shape index (κ1) is 16.7. The Hall–Kier alpha value is -1.40. The van der Waals surface area contributed by atoms with Crippen molar-refractivity contribution in [2.45, 2.75) is 38.0 Å². The Morgan fingerprint density at radius 1 is 1.20 bits per heavy atom. The molecule has 20 heavy (non-hydrogen) atoms. The minimum Gasteiger partial charge on any atom is -0.396 e. The number of hydrogen-bond donors (Lipinski definition) is 0. The molecular weight excluding hydrogens is 278 g/mol. The molecule has 0 amide bonds. The van der Waals surface area contributed by atoms with Gasteiger partial charge in [0.1, 0.15) is 6.61 Å². The molecule has 1 aromatic carbocycles. The van der Waals surface area contributed by atoms with Crippen molar-refractivity contribution in [1.82, 2.24) is 0 Å². The van der Waals surface area contributed by atoms with Crippen molar-refractivity contribution in [1.29, 1.82) is 0 Å². The fraction of sp³-hybridized carbons (Fsp3) is 0.500. The van der Waals surface area contributed by atoms with E-state index in [9.17, 15) is 8.42 Å². The molecule has 0 aromatic heterocycles. The van der Waals surface area contributed by atoms with Gasteiger partial charge < -0.3 is 4.84 Å². The Morgan fingerprint density at radius 2 is 1.90 bits per heavy atom. The van der Waals surface area contributed by atoms with Gasteiger partial charge in [-0.25, -0.2) is 0 Å². The first-order chi connectivity index (χ1) is 9.56. The summed E-state index contributed by atoms with van der Waals surface area (Å²) in [5.74, 6) is 0. The summed E-state index contributed by atoms with van der Waals surface area (Å²) in [5, 5.41) is 3.73. The van der Waals surface area contributed by atoms with Crippen LogP contribution in [0.15, 0.2) is 34.3 Å². The maximum atomic E-state index is 11.8. The third-order valence-corrected chi connectivity index (χ3v) is 3.82. The van der Waals surface area contributed by atoms with Crippen LogP contribution < -0.4 is 0 Å². The Kier molecular flexibility index (Phi) is 7.25. The molecule has 5 nitrogen and oxygen atoms in total. The third kappa shape index (κ3) is 6.16. The minimum atomic E-state index is -3.67. The molecule has 1 rings (SSSR count). The van der Waals surface area contributed by atoms with Crippen LogP contribution in [-0.2, 0) is 19.1 Å². The second-order valence-corrected chi connectivity index (χ2v) is 5.97. The summed E-state index contributed by atoms with van der Waals surface area (Å²) in [6.07, 6.45) is 4.06. The zero-order valence-electron chi connectivity index (χ0n) is 11.9. The summed E-state index contributed by atoms with van der Waals surface area (Å²) in [6, 6.07) is 6.55. The molecule has 0 aliphatic carbocycles. The number of rotatable bonds is 9. The molecule has 0 bridgehead atoms. The number of hydrogen-bond acceptors (Lipinski definition) is 5. The summed E-state index contributed by atoms with van der Waals surface area (Å²) in [7, 11) is -3.67. The maximum absolute atomic E-state index is 11.8. The van der Waals surface area contributed by atoms with Crippen molar-refractivity contribution in [3.8, 4) is 0 Å². The molecule has 0 N–H and O–H groups in total. The van der Waals surface area contributed by atoms with E-state index in [4.69, 9.17) is 9.02 Å². The van der Waals surface area contributed by atoms with Crippen molar-refractivity contribution < 1.29 is 17.4 Å². The van der Waals surface area contributed by atoms with E-state index in [0.29, 0.717) is 13.0 Å². The van der Waals surface area contributed by atoms with Gasteiger partial charge >= 0.3 is 0 Å². The average molecular weight is 299 g/mol. The van der Waals surface area contributed by atoms with E-state index in [0.717, 1.165) is 18.4 Å². The van der Waals surface area contributed by atoms with Crippen LogP contribution in [-0.4, -0.2) is 27.8 Å². The molecule has 0 spiro atoms. The Balaban J connectivity index is 2.29. The maximum Gasteiger partial charge on any atom is 0.296 e. The van der Waals surface area contributed by atoms with Gasteiger partial charge in [-0.05, 0) is 25.5 Å². The number of oxime groups is 1. The van der Waals surface area contributed by atoms with E-state index in [1.807, 2.05) is 6.92 Å². The van der Waals surface area contributed by atoms with Crippen LogP contribution in [0.5, 0.6) is 0 Å². The zero-order valence-corrected chi connectivity index (χ0v) is 12.7. The number of benzene rings is 1. The molecule has 0 saturated heterocycles. The van der Waals surface area contributed by atoms with Crippen molar-refractivity contribution in [2.75, 3.05) is 13.2 Å². The van der Waals surface area contributed by atoms with Crippen molar-refractivity contribution in [2.24, 2.45) is 5.16 Å². The second kappa shape index (κ2) is 8.71. The van der Waals surface area contributed by atoms with Crippen LogP contribution in [0.2, 0.25) is 0 Å². The lowest BCUT2D eigenvalue weighted by Gasteiger charge is -2.05. The number of nitrogens with zero attached hydrogens (tertiary/aromatic N) is 1. The highest BCUT2D eigenvalue weighted by Crippen LogP contribution is 2.13. The molecule has 0 unspecified atom stereocenters. The molecule has 0 atom stereocenters. The van der Waals surface area contributed by atoms with Gasteiger partial charge in [0.15, 0.2) is 0 Å². The first-order valence-electron chi connectivity index (χ1n) is 6.66. The van der Waals surface area contributed by atoms with Gasteiger partial charge in [0.2, 0.25) is 0 Å². The molecule has 1 aromatic rings. The van der Waals surface area contributed by atoms with Crippen LogP contribution in [0, 0.1) is 6.92 Å². The smallest absolute Gasteiger partial charge is 0.296 e. The van der Waals surface area contributed by atoms with E-state index in [2.05, 4.69) is 12.1 Å². The van der Waals surface area contributed by atoms with E-state index in [1.54, 1.807) is 18.3 Å². The average Bonchev–Trinajstić information content (AvgIpc) is 2.42. The highest BCUT2D eigenvalue weighted by atomic mass is 32.2. The summed E-state index contributed by atoms with van der Waals surface area (Å²) < 4.78 is 28.6. The van der Waals surface area contributed by atoms with Gasteiger partial charge in [0, 0.05) is 12.6 Å². The minimum absolute atomic E-state index is 0.0828. The molecule has 0 aliphatic rings. The van der Waals surface area contributed by atoms with E-state index < -0.39 is 10.1 Å². The number of aryl methyl sites for hydroxylation is 1. The molecule has 0 heterocycles. The molecule has 0 aliphatic heterocycles. The van der Waals surface area contributed by atoms with Crippen LogP contribution in [0.1, 0.15) is 31.7 Å². The van der Waals surface area contributed by atoms with Gasteiger partial charge in [0.05, 0.1) is 11.5 Å². The summed E-state index contributed by atoms with van der Waals surface area (Å²) in [4.78, 5) is 5.14. The highest BCUT2D eigenvalue weighted by Gasteiger charge is 2.14. The lowest BCUT2D eigenvalue weighted by Crippen LogP contribution is -2.08. The van der Waals surface area contributed by atoms with Gasteiger partial charge in [-0.3, -0.25) is 4.18 Å². The monoisotopic (exact) mass is 299 g/mol. The summed E-state index contributed by atoms with van der Waals surface area (Å²) in [6.45, 7) is 4.37. The van der Waals surface area contributed by atoms with Crippen LogP contribution in [0.25, 0.3) is 0 Å². The van der Waals surface area contributed by atoms with Gasteiger partial charge in [-0.15, -0.1) is 0 Å². The van der Waals surface area contributed by atoms with Gasteiger partial charge in [-0.2, -0.15) is 8.42 Å². The Bertz CT molecular complexity index is 508. The predicted molar refractivity (Wildman–Crippen MR) is 78.3 cm³/mol. The summed E-state index contributed by atoms with van der Waals surface area (Å²) >= 11 is 0. The predicted octanol–water partition coefficient (Wildman–Crippen LogP) is 2.89. The summed E-state index contributed by atoms with van der Waals surface area (Å²) in [5.41, 5.74) is 1.00. The lowest BCUT2D eigenvalue weighted by molar-refractivity contribution is 0.129. The SMILES string of the molecule is CCCC=NOCCCOS(=O)(=O)c1ccc(C)cc1. The fourth-order valence-corrected chi connectivity index (χ4v) is 2.30. The molecule has 0 saturated carbocycles.